The number of carbonyl (C=O) groups is 1. The number of nitrogens with zero attached hydrogens (tertiary/aromatic N) is 2. The average molecular weight is 189 g/mol. The molecule has 0 amide bonds. The van der Waals surface area contributed by atoms with E-state index in [2.05, 4.69) is 4.98 Å². The van der Waals surface area contributed by atoms with Crippen molar-refractivity contribution in [3.8, 4) is 0 Å². The van der Waals surface area contributed by atoms with Gasteiger partial charge >= 0.3 is 0 Å². The summed E-state index contributed by atoms with van der Waals surface area (Å²) >= 11 is 0. The largest absolute Gasteiger partial charge is 0.324 e. The Labute approximate surface area is 81.4 Å². The number of nitrogens with two attached hydrogens (primary N) is 1. The lowest BCUT2D eigenvalue weighted by Crippen LogP contribution is -2.14. The highest BCUT2D eigenvalue weighted by Crippen LogP contribution is 2.12. The van der Waals surface area contributed by atoms with E-state index < -0.39 is 0 Å². The highest BCUT2D eigenvalue weighted by molar-refractivity contribution is 6.01. The smallest absolute Gasteiger partial charge is 0.196 e. The van der Waals surface area contributed by atoms with Gasteiger partial charge in [0.05, 0.1) is 12.1 Å². The Morgan fingerprint density at radius 1 is 1.57 bits per heavy atom. The van der Waals surface area contributed by atoms with Crippen LogP contribution in [0.3, 0.4) is 0 Å². The third-order valence-electron chi connectivity index (χ3n) is 2.17. The van der Waals surface area contributed by atoms with Crippen LogP contribution in [0.15, 0.2) is 24.4 Å². The SMILES string of the molecule is Cc1nc(C(=O)CN)c2ccccn12. The van der Waals surface area contributed by atoms with Gasteiger partial charge in [-0.05, 0) is 19.1 Å². The molecule has 2 heterocycles. The standard InChI is InChI=1S/C10H11N3O/c1-7-12-10(9(14)6-11)8-4-2-3-5-13(7)8/h2-5H,6,11H2,1H3. The number of imidazole rings is 1. The minimum absolute atomic E-state index is 0.001000. The molecule has 2 N–H and O–H groups in total. The van der Waals surface area contributed by atoms with Crippen LogP contribution in [0.5, 0.6) is 0 Å². The Morgan fingerprint density at radius 3 is 3.07 bits per heavy atom. The molecule has 0 spiro atoms. The molecule has 2 aromatic rings. The van der Waals surface area contributed by atoms with Crippen molar-refractivity contribution in [2.45, 2.75) is 6.92 Å². The first kappa shape index (κ1) is 8.90. The van der Waals surface area contributed by atoms with E-state index in [1.54, 1.807) is 0 Å². The molecule has 0 saturated heterocycles. The van der Waals surface area contributed by atoms with Crippen molar-refractivity contribution < 1.29 is 4.79 Å². The maximum Gasteiger partial charge on any atom is 0.196 e. The zero-order chi connectivity index (χ0) is 10.1. The van der Waals surface area contributed by atoms with E-state index >= 15 is 0 Å². The fourth-order valence-electron chi connectivity index (χ4n) is 1.49. The molecule has 0 bridgehead atoms. The minimum Gasteiger partial charge on any atom is -0.324 e. The second-order valence-corrected chi connectivity index (χ2v) is 3.09. The van der Waals surface area contributed by atoms with Gasteiger partial charge in [-0.1, -0.05) is 6.07 Å². The molecule has 0 saturated carbocycles. The van der Waals surface area contributed by atoms with Crippen LogP contribution in [-0.2, 0) is 0 Å². The number of hydrogen-bond donors (Lipinski definition) is 1. The van der Waals surface area contributed by atoms with Gasteiger partial charge in [-0.2, -0.15) is 0 Å². The summed E-state index contributed by atoms with van der Waals surface area (Å²) in [6.45, 7) is 1.86. The van der Waals surface area contributed by atoms with Gasteiger partial charge in [0.25, 0.3) is 0 Å². The van der Waals surface area contributed by atoms with Crippen LogP contribution in [-0.4, -0.2) is 21.7 Å². The van der Waals surface area contributed by atoms with Crippen LogP contribution in [0.2, 0.25) is 0 Å². The van der Waals surface area contributed by atoms with Gasteiger partial charge in [0.15, 0.2) is 5.78 Å². The highest BCUT2D eigenvalue weighted by atomic mass is 16.1. The molecule has 0 aliphatic heterocycles. The third kappa shape index (κ3) is 1.20. The maximum atomic E-state index is 11.4. The van der Waals surface area contributed by atoms with E-state index in [1.165, 1.54) is 0 Å². The summed E-state index contributed by atoms with van der Waals surface area (Å²) in [5, 5.41) is 0. The number of rotatable bonds is 2. The van der Waals surface area contributed by atoms with E-state index in [0.717, 1.165) is 11.3 Å². The van der Waals surface area contributed by atoms with E-state index in [0.29, 0.717) is 5.69 Å². The number of pyridine rings is 1. The molecule has 4 heteroatoms. The molecule has 0 aromatic carbocycles. The fraction of sp³-hybridized carbons (Fsp3) is 0.200. The molecule has 0 fully saturated rings. The van der Waals surface area contributed by atoms with Gasteiger partial charge in [0.2, 0.25) is 0 Å². The highest BCUT2D eigenvalue weighted by Gasteiger charge is 2.13. The van der Waals surface area contributed by atoms with E-state index in [9.17, 15) is 4.79 Å². The Morgan fingerprint density at radius 2 is 2.36 bits per heavy atom. The summed E-state index contributed by atoms with van der Waals surface area (Å²) in [5.74, 6) is 0.680. The van der Waals surface area contributed by atoms with Crippen molar-refractivity contribution in [1.82, 2.24) is 9.38 Å². The van der Waals surface area contributed by atoms with Gasteiger partial charge in [0, 0.05) is 6.20 Å². The molecular formula is C10H11N3O. The van der Waals surface area contributed by atoms with Gasteiger partial charge in [-0.15, -0.1) is 0 Å². The summed E-state index contributed by atoms with van der Waals surface area (Å²) in [4.78, 5) is 15.6. The van der Waals surface area contributed by atoms with Crippen molar-refractivity contribution in [2.75, 3.05) is 6.54 Å². The summed E-state index contributed by atoms with van der Waals surface area (Å²) in [5.41, 5.74) is 6.59. The summed E-state index contributed by atoms with van der Waals surface area (Å²) in [6, 6.07) is 5.64. The number of carbonyl (C=O) groups excluding carboxylic acids is 1. The number of aromatic nitrogens is 2. The molecule has 2 rings (SSSR count). The van der Waals surface area contributed by atoms with Crippen molar-refractivity contribution >= 4 is 11.3 Å². The lowest BCUT2D eigenvalue weighted by Gasteiger charge is -1.95. The fourth-order valence-corrected chi connectivity index (χ4v) is 1.49. The van der Waals surface area contributed by atoms with Crippen molar-refractivity contribution in [3.63, 3.8) is 0 Å². The lowest BCUT2D eigenvalue weighted by molar-refractivity contribution is 0.0998. The second kappa shape index (κ2) is 3.23. The maximum absolute atomic E-state index is 11.4. The molecule has 14 heavy (non-hydrogen) atoms. The number of fused-ring (bicyclic) bond motifs is 1. The minimum atomic E-state index is -0.123. The van der Waals surface area contributed by atoms with E-state index in [4.69, 9.17) is 5.73 Å². The van der Waals surface area contributed by atoms with Gasteiger partial charge in [-0.3, -0.25) is 4.79 Å². The van der Waals surface area contributed by atoms with Gasteiger partial charge in [0.1, 0.15) is 11.5 Å². The van der Waals surface area contributed by atoms with Crippen LogP contribution in [0.25, 0.3) is 5.52 Å². The molecule has 4 nitrogen and oxygen atoms in total. The molecule has 0 aliphatic carbocycles. The van der Waals surface area contributed by atoms with Crippen molar-refractivity contribution in [2.24, 2.45) is 5.73 Å². The molecule has 0 aliphatic rings. The molecule has 72 valence electrons. The topological polar surface area (TPSA) is 60.4 Å². The Bertz CT molecular complexity index is 487. The monoisotopic (exact) mass is 189 g/mol. The number of aryl methyl sites for hydroxylation is 1. The second-order valence-electron chi connectivity index (χ2n) is 3.09. The Hall–Kier alpha value is -1.68. The molecular weight excluding hydrogens is 178 g/mol. The first-order valence-corrected chi connectivity index (χ1v) is 4.41. The zero-order valence-corrected chi connectivity index (χ0v) is 7.90. The lowest BCUT2D eigenvalue weighted by atomic mass is 10.2. The van der Waals surface area contributed by atoms with Crippen LogP contribution in [0.4, 0.5) is 0 Å². The van der Waals surface area contributed by atoms with Gasteiger partial charge in [-0.25, -0.2) is 4.98 Å². The van der Waals surface area contributed by atoms with Crippen molar-refractivity contribution in [3.05, 3.63) is 35.9 Å². The molecule has 2 aromatic heterocycles. The van der Waals surface area contributed by atoms with Crippen LogP contribution < -0.4 is 5.73 Å². The molecule has 0 atom stereocenters. The van der Waals surface area contributed by atoms with Crippen molar-refractivity contribution in [1.29, 1.82) is 0 Å². The number of ketones is 1. The molecule has 0 unspecified atom stereocenters. The van der Waals surface area contributed by atoms with E-state index in [-0.39, 0.29) is 12.3 Å². The predicted molar refractivity (Wildman–Crippen MR) is 53.3 cm³/mol. The third-order valence-corrected chi connectivity index (χ3v) is 2.17. The summed E-state index contributed by atoms with van der Waals surface area (Å²) < 4.78 is 1.88. The first-order chi connectivity index (χ1) is 6.74. The first-order valence-electron chi connectivity index (χ1n) is 4.41. The Balaban J connectivity index is 2.72. The van der Waals surface area contributed by atoms with Crippen LogP contribution >= 0.6 is 0 Å². The quantitative estimate of drug-likeness (QED) is 0.710. The number of hydrogen-bond acceptors (Lipinski definition) is 3. The van der Waals surface area contributed by atoms with Gasteiger partial charge < -0.3 is 10.1 Å². The van der Waals surface area contributed by atoms with Crippen LogP contribution in [0, 0.1) is 6.92 Å². The molecule has 0 radical (unpaired) electrons. The Kier molecular flexibility index (Phi) is 2.05. The predicted octanol–water partition coefficient (Wildman–Crippen LogP) is 0.784. The zero-order valence-electron chi connectivity index (χ0n) is 7.90. The summed E-state index contributed by atoms with van der Waals surface area (Å²) in [6.07, 6.45) is 1.88. The average Bonchev–Trinajstić information content (AvgIpc) is 2.56. The normalized spacial score (nSPS) is 10.7. The number of Topliss-reactive ketones (excluding diaryl/α,β-unsaturated/α-hetero) is 1. The van der Waals surface area contributed by atoms with E-state index in [1.807, 2.05) is 35.7 Å². The van der Waals surface area contributed by atoms with Crippen LogP contribution in [0.1, 0.15) is 16.3 Å². The summed E-state index contributed by atoms with van der Waals surface area (Å²) in [7, 11) is 0.